The lowest BCUT2D eigenvalue weighted by molar-refractivity contribution is 0.0569. The summed E-state index contributed by atoms with van der Waals surface area (Å²) in [6.07, 6.45) is 14.2. The van der Waals surface area contributed by atoms with Crippen LogP contribution >= 0.6 is 0 Å². The number of hydrogen-bond acceptors (Lipinski definition) is 3. The molecule has 2 aliphatic rings. The van der Waals surface area contributed by atoms with E-state index in [4.69, 9.17) is 9.47 Å². The summed E-state index contributed by atoms with van der Waals surface area (Å²) < 4.78 is 10.7. The van der Waals surface area contributed by atoms with Crippen molar-refractivity contribution in [1.82, 2.24) is 0 Å². The third-order valence-corrected chi connectivity index (χ3v) is 7.28. The van der Waals surface area contributed by atoms with E-state index in [-0.39, 0.29) is 0 Å². The van der Waals surface area contributed by atoms with Crippen LogP contribution in [0.3, 0.4) is 0 Å². The van der Waals surface area contributed by atoms with E-state index in [2.05, 4.69) is 48.5 Å². The third kappa shape index (κ3) is 6.85. The molecule has 0 saturated heterocycles. The van der Waals surface area contributed by atoms with E-state index < -0.39 is 6.16 Å². The molecule has 32 heavy (non-hydrogen) atoms. The number of hydrogen-bond donors (Lipinski definition) is 0. The molecule has 0 amide bonds. The second kappa shape index (κ2) is 12.1. The van der Waals surface area contributed by atoms with Crippen molar-refractivity contribution in [2.24, 2.45) is 0 Å². The van der Waals surface area contributed by atoms with E-state index in [0.29, 0.717) is 25.0 Å². The molecule has 4 rings (SSSR count). The minimum atomic E-state index is -0.558. The third-order valence-electron chi connectivity index (χ3n) is 7.28. The van der Waals surface area contributed by atoms with Crippen LogP contribution in [0.5, 0.6) is 0 Å². The Morgan fingerprint density at radius 3 is 1.53 bits per heavy atom. The summed E-state index contributed by atoms with van der Waals surface area (Å²) in [6.45, 7) is 0.730. The van der Waals surface area contributed by atoms with Gasteiger partial charge < -0.3 is 9.47 Å². The van der Waals surface area contributed by atoms with Gasteiger partial charge in [0, 0.05) is 12.8 Å². The summed E-state index contributed by atoms with van der Waals surface area (Å²) in [5.74, 6) is 1.40. The molecule has 0 aliphatic heterocycles. The average Bonchev–Trinajstić information content (AvgIpc) is 2.85. The highest BCUT2D eigenvalue weighted by molar-refractivity contribution is 5.59. The molecule has 0 radical (unpaired) electrons. The molecular weight excluding hydrogens is 396 g/mol. The molecule has 0 N–H and O–H groups in total. The second-order valence-corrected chi connectivity index (χ2v) is 9.61. The summed E-state index contributed by atoms with van der Waals surface area (Å²) in [5, 5.41) is 0. The Balaban J connectivity index is 1.16. The van der Waals surface area contributed by atoms with Gasteiger partial charge in [-0.15, -0.1) is 0 Å². The molecule has 3 nitrogen and oxygen atoms in total. The number of rotatable bonds is 8. The summed E-state index contributed by atoms with van der Waals surface area (Å²) in [5.41, 5.74) is 5.36. The van der Waals surface area contributed by atoms with Crippen molar-refractivity contribution in [1.29, 1.82) is 0 Å². The summed E-state index contributed by atoms with van der Waals surface area (Å²) in [7, 11) is 0. The molecule has 0 unspecified atom stereocenters. The fourth-order valence-electron chi connectivity index (χ4n) is 5.42. The lowest BCUT2D eigenvalue weighted by Gasteiger charge is -2.22. The molecule has 172 valence electrons. The van der Waals surface area contributed by atoms with Crippen LogP contribution in [-0.2, 0) is 22.3 Å². The van der Waals surface area contributed by atoms with Gasteiger partial charge in [-0.05, 0) is 59.8 Å². The number of carbonyl (C=O) groups excluding carboxylic acids is 1. The Labute approximate surface area is 193 Å². The molecule has 2 aliphatic carbocycles. The molecule has 0 spiro atoms. The van der Waals surface area contributed by atoms with Crippen molar-refractivity contribution >= 4 is 6.16 Å². The molecule has 2 saturated carbocycles. The molecule has 0 aromatic heterocycles. The number of benzene rings is 2. The van der Waals surface area contributed by atoms with Crippen LogP contribution in [0.25, 0.3) is 0 Å². The van der Waals surface area contributed by atoms with Crippen LogP contribution in [0, 0.1) is 0 Å². The van der Waals surface area contributed by atoms with Gasteiger partial charge in [-0.2, -0.15) is 0 Å². The minimum Gasteiger partial charge on any atom is -0.434 e. The van der Waals surface area contributed by atoms with Gasteiger partial charge in [-0.3, -0.25) is 0 Å². The van der Waals surface area contributed by atoms with E-state index in [0.717, 1.165) is 12.8 Å². The summed E-state index contributed by atoms with van der Waals surface area (Å²) in [4.78, 5) is 12.0. The molecule has 2 aromatic rings. The van der Waals surface area contributed by atoms with Crippen LogP contribution < -0.4 is 0 Å². The zero-order valence-electron chi connectivity index (χ0n) is 19.4. The van der Waals surface area contributed by atoms with Crippen molar-refractivity contribution in [2.45, 2.75) is 88.9 Å². The maximum Gasteiger partial charge on any atom is 0.508 e. The molecule has 0 bridgehead atoms. The molecule has 3 heteroatoms. The lowest BCUT2D eigenvalue weighted by atomic mass is 9.83. The Hall–Kier alpha value is -2.29. The Morgan fingerprint density at radius 1 is 0.656 bits per heavy atom. The predicted octanol–water partition coefficient (Wildman–Crippen LogP) is 7.72. The molecule has 0 atom stereocenters. The molecular formula is C29H38O3. The van der Waals surface area contributed by atoms with Crippen molar-refractivity contribution in [3.8, 4) is 0 Å². The van der Waals surface area contributed by atoms with Crippen LogP contribution in [0.1, 0.15) is 98.3 Å². The molecule has 2 fully saturated rings. The lowest BCUT2D eigenvalue weighted by Crippen LogP contribution is -2.12. The Kier molecular flexibility index (Phi) is 8.64. The maximum absolute atomic E-state index is 12.0. The highest BCUT2D eigenvalue weighted by Crippen LogP contribution is 2.33. The Morgan fingerprint density at radius 2 is 1.09 bits per heavy atom. The summed E-state index contributed by atoms with van der Waals surface area (Å²) >= 11 is 0. The van der Waals surface area contributed by atoms with Crippen molar-refractivity contribution < 1.29 is 14.3 Å². The van der Waals surface area contributed by atoms with Gasteiger partial charge in [0.1, 0.15) is 0 Å². The molecule has 0 heterocycles. The van der Waals surface area contributed by atoms with Gasteiger partial charge in [0.25, 0.3) is 0 Å². The summed E-state index contributed by atoms with van der Waals surface area (Å²) in [6, 6.07) is 17.6. The van der Waals surface area contributed by atoms with E-state index in [9.17, 15) is 4.79 Å². The average molecular weight is 435 g/mol. The van der Waals surface area contributed by atoms with Gasteiger partial charge in [-0.25, -0.2) is 4.79 Å². The first-order valence-electron chi connectivity index (χ1n) is 12.7. The van der Waals surface area contributed by atoms with Crippen LogP contribution in [0.4, 0.5) is 4.79 Å². The van der Waals surface area contributed by atoms with Crippen LogP contribution in [-0.4, -0.2) is 19.4 Å². The normalized spacial score (nSPS) is 17.8. The van der Waals surface area contributed by atoms with E-state index in [1.165, 1.54) is 86.5 Å². The van der Waals surface area contributed by atoms with Gasteiger partial charge in [0.05, 0.1) is 13.2 Å². The first-order valence-corrected chi connectivity index (χ1v) is 12.7. The van der Waals surface area contributed by atoms with E-state index in [1.54, 1.807) is 0 Å². The van der Waals surface area contributed by atoms with E-state index in [1.807, 2.05) is 0 Å². The molecule has 2 aromatic carbocycles. The van der Waals surface area contributed by atoms with Gasteiger partial charge >= 0.3 is 6.16 Å². The standard InChI is InChI=1S/C29H38O3/c30-29(31-19-17-23-9-7-15-27(21-23)25-11-3-1-4-12-25)32-20-18-24-10-8-16-28(22-24)26-13-5-2-6-14-26/h7-10,15-16,21-22,25-26H,1-6,11-14,17-20H2. The quantitative estimate of drug-likeness (QED) is 0.399. The number of carbonyl (C=O) groups is 1. The zero-order chi connectivity index (χ0) is 22.0. The number of ether oxygens (including phenoxy) is 2. The topological polar surface area (TPSA) is 35.5 Å². The van der Waals surface area contributed by atoms with E-state index >= 15 is 0 Å². The van der Waals surface area contributed by atoms with Crippen molar-refractivity contribution in [3.63, 3.8) is 0 Å². The highest BCUT2D eigenvalue weighted by atomic mass is 16.7. The maximum atomic E-state index is 12.0. The van der Waals surface area contributed by atoms with Gasteiger partial charge in [0.15, 0.2) is 0 Å². The van der Waals surface area contributed by atoms with Crippen LogP contribution in [0.2, 0.25) is 0 Å². The van der Waals surface area contributed by atoms with Gasteiger partial charge in [0.2, 0.25) is 0 Å². The SMILES string of the molecule is O=C(OCCc1cccc(C2CCCCC2)c1)OCCc1cccc(C2CCCCC2)c1. The predicted molar refractivity (Wildman–Crippen MR) is 129 cm³/mol. The minimum absolute atomic E-state index is 0.365. The largest absolute Gasteiger partial charge is 0.508 e. The Bertz CT molecular complexity index is 777. The first-order chi connectivity index (χ1) is 15.8. The first kappa shape index (κ1) is 22.9. The monoisotopic (exact) mass is 434 g/mol. The van der Waals surface area contributed by atoms with Gasteiger partial charge in [-0.1, -0.05) is 87.1 Å². The van der Waals surface area contributed by atoms with Crippen molar-refractivity contribution in [3.05, 3.63) is 70.8 Å². The van der Waals surface area contributed by atoms with Crippen molar-refractivity contribution in [2.75, 3.05) is 13.2 Å². The van der Waals surface area contributed by atoms with Crippen LogP contribution in [0.15, 0.2) is 48.5 Å². The fraction of sp³-hybridized carbons (Fsp3) is 0.552. The zero-order valence-corrected chi connectivity index (χ0v) is 19.4. The second-order valence-electron chi connectivity index (χ2n) is 9.61. The smallest absolute Gasteiger partial charge is 0.434 e. The highest BCUT2D eigenvalue weighted by Gasteiger charge is 2.16. The fourth-order valence-corrected chi connectivity index (χ4v) is 5.42.